The van der Waals surface area contributed by atoms with Crippen LogP contribution >= 0.6 is 22.2 Å². The zero-order chi connectivity index (χ0) is 24.5. The van der Waals surface area contributed by atoms with Gasteiger partial charge in [-0.15, -0.1) is 10.2 Å². The maximum atomic E-state index is 10.4. The first-order valence-electron chi connectivity index (χ1n) is 10.7. The van der Waals surface area contributed by atoms with Crippen LogP contribution in [0.25, 0.3) is 34.3 Å². The number of benzene rings is 2. The molecule has 4 rings (SSSR count). The van der Waals surface area contributed by atoms with Crippen LogP contribution in [-0.2, 0) is 6.54 Å². The second-order valence-corrected chi connectivity index (χ2v) is 11.1. The largest absolute Gasteiger partial charge is 0.415 e. The van der Waals surface area contributed by atoms with Crippen molar-refractivity contribution >= 4 is 22.2 Å². The highest BCUT2D eigenvalue weighted by molar-refractivity contribution is 8.24. The van der Waals surface area contributed by atoms with E-state index in [1.165, 1.54) is 0 Å². The van der Waals surface area contributed by atoms with Gasteiger partial charge in [0.25, 0.3) is 5.89 Å². The van der Waals surface area contributed by atoms with Crippen molar-refractivity contribution in [3.8, 4) is 34.3 Å². The third-order valence-electron chi connectivity index (χ3n) is 5.39. The molecule has 0 aliphatic heterocycles. The topological polar surface area (TPSA) is 117 Å². The van der Waals surface area contributed by atoms with Gasteiger partial charge in [0.05, 0.1) is 27.5 Å². The van der Waals surface area contributed by atoms with E-state index in [2.05, 4.69) is 25.5 Å². The Bertz CT molecular complexity index is 1320. The Morgan fingerprint density at radius 2 is 1.79 bits per heavy atom. The molecule has 180 valence electrons. The molecule has 0 spiro atoms. The van der Waals surface area contributed by atoms with E-state index < -0.39 is 10.6 Å². The highest BCUT2D eigenvalue weighted by Crippen LogP contribution is 2.53. The molecule has 2 heterocycles. The van der Waals surface area contributed by atoms with Gasteiger partial charge in [-0.05, 0) is 63.7 Å². The van der Waals surface area contributed by atoms with Crippen LogP contribution in [0, 0.1) is 6.92 Å². The van der Waals surface area contributed by atoms with Crippen LogP contribution in [0.5, 0.6) is 0 Å². The van der Waals surface area contributed by atoms with Crippen molar-refractivity contribution in [1.29, 1.82) is 0 Å². The summed E-state index contributed by atoms with van der Waals surface area (Å²) in [7, 11) is -1.04. The predicted octanol–water partition coefficient (Wildman–Crippen LogP) is 6.31. The van der Waals surface area contributed by atoms with Crippen LogP contribution < -0.4 is 5.32 Å². The van der Waals surface area contributed by atoms with E-state index >= 15 is 0 Å². The van der Waals surface area contributed by atoms with Crippen LogP contribution in [0.4, 0.5) is 0 Å². The fourth-order valence-corrected chi connectivity index (χ4v) is 4.80. The first-order valence-corrected chi connectivity index (χ1v) is 12.7. The molecule has 2 aromatic heterocycles. The van der Waals surface area contributed by atoms with Gasteiger partial charge in [0, 0.05) is 24.3 Å². The quantitative estimate of drug-likeness (QED) is 0.270. The average molecular weight is 502 g/mol. The number of hydrogen-bond acceptors (Lipinski definition) is 8. The van der Waals surface area contributed by atoms with E-state index in [-0.39, 0.29) is 12.6 Å². The molecule has 0 fully saturated rings. The van der Waals surface area contributed by atoms with Gasteiger partial charge in [0.1, 0.15) is 5.69 Å². The summed E-state index contributed by atoms with van der Waals surface area (Å²) in [5, 5.41) is 11.5. The molecule has 0 saturated carbocycles. The van der Waals surface area contributed by atoms with Crippen LogP contribution in [0.1, 0.15) is 26.5 Å². The van der Waals surface area contributed by atoms with Crippen LogP contribution in [0.3, 0.4) is 0 Å². The molecule has 0 unspecified atom stereocenters. The third kappa shape index (κ3) is 4.84. The second kappa shape index (κ2) is 9.81. The van der Waals surface area contributed by atoms with Crippen molar-refractivity contribution in [2.75, 3.05) is 7.05 Å². The lowest BCUT2D eigenvalue weighted by Crippen LogP contribution is -2.10. The summed E-state index contributed by atoms with van der Waals surface area (Å²) in [6, 6.07) is 12.8. The summed E-state index contributed by atoms with van der Waals surface area (Å²) in [6.07, 6.45) is 1.61. The molecule has 0 saturated heterocycles. The first-order chi connectivity index (χ1) is 16.2. The minimum atomic E-state index is -2.94. The SMILES string of the molecule is CNCc1ccc(-c2nnc(-c3nc(-c4ccc(S(O)(O)C(C)C)cc4Cl)cnc3C)o2)cc1.[HH]. The smallest absolute Gasteiger partial charge is 0.268 e. The van der Waals surface area contributed by atoms with Crippen molar-refractivity contribution in [2.45, 2.75) is 37.5 Å². The van der Waals surface area contributed by atoms with Gasteiger partial charge in [-0.25, -0.2) is 4.98 Å². The van der Waals surface area contributed by atoms with Crippen molar-refractivity contribution in [3.05, 3.63) is 64.9 Å². The Balaban J connectivity index is 0.00000342. The molecule has 0 bridgehead atoms. The van der Waals surface area contributed by atoms with Gasteiger partial charge >= 0.3 is 0 Å². The first kappa shape index (κ1) is 24.3. The Morgan fingerprint density at radius 3 is 2.44 bits per heavy atom. The highest BCUT2D eigenvalue weighted by Gasteiger charge is 2.22. The number of hydrogen-bond donors (Lipinski definition) is 3. The Kier molecular flexibility index (Phi) is 7.01. The molecule has 0 amide bonds. The molecule has 34 heavy (non-hydrogen) atoms. The minimum Gasteiger partial charge on any atom is -0.415 e. The van der Waals surface area contributed by atoms with Gasteiger partial charge in [0.15, 0.2) is 0 Å². The van der Waals surface area contributed by atoms with Gasteiger partial charge in [-0.1, -0.05) is 23.7 Å². The second-order valence-electron chi connectivity index (χ2n) is 8.11. The minimum absolute atomic E-state index is 0. The zero-order valence-corrected chi connectivity index (χ0v) is 20.9. The van der Waals surface area contributed by atoms with Gasteiger partial charge in [-0.3, -0.25) is 14.1 Å². The summed E-state index contributed by atoms with van der Waals surface area (Å²) in [5.41, 5.74) is 4.16. The number of nitrogens with zero attached hydrogens (tertiary/aromatic N) is 4. The van der Waals surface area contributed by atoms with Crippen molar-refractivity contribution < 1.29 is 14.9 Å². The molecule has 0 aliphatic rings. The number of halogens is 1. The van der Waals surface area contributed by atoms with Gasteiger partial charge < -0.3 is 9.73 Å². The van der Waals surface area contributed by atoms with Gasteiger partial charge in [-0.2, -0.15) is 10.6 Å². The van der Waals surface area contributed by atoms with Crippen LogP contribution in [0.2, 0.25) is 5.02 Å². The van der Waals surface area contributed by atoms with Gasteiger partial charge in [0.2, 0.25) is 5.89 Å². The van der Waals surface area contributed by atoms with Crippen molar-refractivity contribution in [1.82, 2.24) is 25.5 Å². The Labute approximate surface area is 206 Å². The monoisotopic (exact) mass is 501 g/mol. The number of rotatable bonds is 7. The maximum absolute atomic E-state index is 10.4. The van der Waals surface area contributed by atoms with Crippen LogP contribution in [-0.4, -0.2) is 41.6 Å². The molecular formula is C24H28ClN5O3S. The summed E-state index contributed by atoms with van der Waals surface area (Å²) < 4.78 is 26.8. The average Bonchev–Trinajstić information content (AvgIpc) is 3.30. The van der Waals surface area contributed by atoms with E-state index in [1.807, 2.05) is 38.2 Å². The van der Waals surface area contributed by atoms with Crippen molar-refractivity contribution in [2.24, 2.45) is 0 Å². The molecule has 0 radical (unpaired) electrons. The van der Waals surface area contributed by atoms with E-state index in [9.17, 15) is 9.11 Å². The van der Waals surface area contributed by atoms with Crippen LogP contribution in [0.15, 0.2) is 58.0 Å². The summed E-state index contributed by atoms with van der Waals surface area (Å²) >= 11 is 6.50. The van der Waals surface area contributed by atoms with E-state index in [0.29, 0.717) is 38.5 Å². The third-order valence-corrected chi connectivity index (χ3v) is 7.96. The van der Waals surface area contributed by atoms with E-state index in [0.717, 1.165) is 17.7 Å². The summed E-state index contributed by atoms with van der Waals surface area (Å²) in [5.74, 6) is 0.641. The number of nitrogens with one attached hydrogen (secondary N) is 1. The Hall–Kier alpha value is -2.82. The van der Waals surface area contributed by atoms with Crippen molar-refractivity contribution in [3.63, 3.8) is 0 Å². The molecule has 3 N–H and O–H groups in total. The number of aryl methyl sites for hydroxylation is 1. The highest BCUT2D eigenvalue weighted by atomic mass is 35.5. The molecule has 2 aromatic carbocycles. The molecule has 0 atom stereocenters. The molecule has 0 aliphatic carbocycles. The normalized spacial score (nSPS) is 12.4. The number of aromatic nitrogens is 4. The lowest BCUT2D eigenvalue weighted by Gasteiger charge is -2.36. The van der Waals surface area contributed by atoms with E-state index in [4.69, 9.17) is 16.0 Å². The predicted molar refractivity (Wildman–Crippen MR) is 137 cm³/mol. The molecule has 10 heteroatoms. The fourth-order valence-electron chi connectivity index (χ4n) is 3.35. The lowest BCUT2D eigenvalue weighted by molar-refractivity contribution is 0.476. The molecule has 8 nitrogen and oxygen atoms in total. The fraction of sp³-hybridized carbons (Fsp3) is 0.250. The molecule has 4 aromatic rings. The summed E-state index contributed by atoms with van der Waals surface area (Å²) in [4.78, 5) is 9.50. The maximum Gasteiger partial charge on any atom is 0.268 e. The molecular weight excluding hydrogens is 474 g/mol. The zero-order valence-electron chi connectivity index (χ0n) is 19.3. The summed E-state index contributed by atoms with van der Waals surface area (Å²) in [6.45, 7) is 6.09. The Morgan fingerprint density at radius 1 is 1.09 bits per heavy atom. The lowest BCUT2D eigenvalue weighted by atomic mass is 10.1. The standard InChI is InChI=1S/C24H26ClN5O3S.H2/c1-14(2)34(31,32)18-9-10-19(20(25)11-18)21-13-27-15(3)22(28-21)24-30-29-23(33-24)17-7-5-16(6-8-17)12-26-4;/h5-11,13-14,26,31-32H,12H2,1-4H3;1H. The van der Waals surface area contributed by atoms with E-state index in [1.54, 1.807) is 38.2 Å².